The number of hydrogen-bond acceptors (Lipinski definition) is 3. The first-order valence-corrected chi connectivity index (χ1v) is 7.75. The van der Waals surface area contributed by atoms with Gasteiger partial charge >= 0.3 is 0 Å². The molecule has 3 rings (SSSR count). The Bertz CT molecular complexity index is 467. The number of nitrogens with one attached hydrogen (secondary N) is 1. The fraction of sp³-hybridized carbons (Fsp3) is 0.600. The Labute approximate surface area is 124 Å². The zero-order valence-corrected chi connectivity index (χ0v) is 12.3. The molecule has 2 aliphatic rings. The molecule has 1 saturated heterocycles. The van der Waals surface area contributed by atoms with Crippen molar-refractivity contribution >= 4 is 17.5 Å². The highest BCUT2D eigenvalue weighted by atomic mass is 35.5. The highest BCUT2D eigenvalue weighted by molar-refractivity contribution is 6.30. The molecule has 1 aromatic heterocycles. The van der Waals surface area contributed by atoms with E-state index in [2.05, 4.69) is 10.3 Å². The number of amides is 1. The van der Waals surface area contributed by atoms with Crippen molar-refractivity contribution in [2.24, 2.45) is 5.92 Å². The van der Waals surface area contributed by atoms with E-state index in [0.29, 0.717) is 22.7 Å². The molecular formula is C15H20ClN3O. The number of hydrogen-bond donors (Lipinski definition) is 1. The van der Waals surface area contributed by atoms with E-state index in [4.69, 9.17) is 11.6 Å². The van der Waals surface area contributed by atoms with Crippen molar-refractivity contribution < 1.29 is 4.79 Å². The smallest absolute Gasteiger partial charge is 0.272 e. The number of rotatable bonds is 4. The summed E-state index contributed by atoms with van der Waals surface area (Å²) < 4.78 is 0. The minimum atomic E-state index is 0.0507. The van der Waals surface area contributed by atoms with Gasteiger partial charge in [0.25, 0.3) is 5.91 Å². The first-order valence-electron chi connectivity index (χ1n) is 7.37. The van der Waals surface area contributed by atoms with Crippen molar-refractivity contribution in [3.05, 3.63) is 29.0 Å². The summed E-state index contributed by atoms with van der Waals surface area (Å²) in [5, 5.41) is 3.98. The third-order valence-corrected chi connectivity index (χ3v) is 4.27. The Balaban J connectivity index is 1.69. The molecule has 1 aliphatic carbocycles. The summed E-state index contributed by atoms with van der Waals surface area (Å²) in [7, 11) is 0. The number of halogens is 1. The predicted molar refractivity (Wildman–Crippen MR) is 78.9 cm³/mol. The highest BCUT2D eigenvalue weighted by Gasteiger charge is 2.35. The fourth-order valence-electron chi connectivity index (χ4n) is 2.79. The van der Waals surface area contributed by atoms with Crippen molar-refractivity contribution in [2.45, 2.75) is 31.7 Å². The van der Waals surface area contributed by atoms with Gasteiger partial charge in [-0.25, -0.2) is 4.98 Å². The topological polar surface area (TPSA) is 45.2 Å². The Morgan fingerprint density at radius 1 is 1.40 bits per heavy atom. The molecule has 1 atom stereocenters. The lowest BCUT2D eigenvalue weighted by Gasteiger charge is -2.30. The lowest BCUT2D eigenvalue weighted by molar-refractivity contribution is 0.0698. The van der Waals surface area contributed by atoms with Gasteiger partial charge in [-0.2, -0.15) is 0 Å². The molecule has 0 radical (unpaired) electrons. The van der Waals surface area contributed by atoms with E-state index in [0.717, 1.165) is 32.5 Å². The average molecular weight is 294 g/mol. The summed E-state index contributed by atoms with van der Waals surface area (Å²) in [4.78, 5) is 18.8. The molecule has 1 N–H and O–H groups in total. The molecular weight excluding hydrogens is 274 g/mol. The highest BCUT2D eigenvalue weighted by Crippen LogP contribution is 2.29. The molecule has 0 bridgehead atoms. The van der Waals surface area contributed by atoms with Crippen LogP contribution in [0.4, 0.5) is 0 Å². The summed E-state index contributed by atoms with van der Waals surface area (Å²) in [6.45, 7) is 2.97. The standard InChI is InChI=1S/C15H20ClN3O/c16-12-3-6-14(18-9-12)15(20)19(13-4-5-13)10-11-2-1-7-17-8-11/h3,6,9,11,13,17H,1-2,4-5,7-8,10H2. The summed E-state index contributed by atoms with van der Waals surface area (Å²) in [6.07, 6.45) is 6.20. The molecule has 20 heavy (non-hydrogen) atoms. The van der Waals surface area contributed by atoms with Crippen molar-refractivity contribution in [3.63, 3.8) is 0 Å². The van der Waals surface area contributed by atoms with Crippen LogP contribution in [0.5, 0.6) is 0 Å². The Morgan fingerprint density at radius 3 is 2.85 bits per heavy atom. The minimum absolute atomic E-state index is 0.0507. The summed E-state index contributed by atoms with van der Waals surface area (Å²) in [5.74, 6) is 0.621. The Morgan fingerprint density at radius 2 is 2.25 bits per heavy atom. The molecule has 1 amide bonds. The van der Waals surface area contributed by atoms with Crippen molar-refractivity contribution in [1.29, 1.82) is 0 Å². The normalized spacial score (nSPS) is 22.6. The van der Waals surface area contributed by atoms with E-state index in [1.54, 1.807) is 18.3 Å². The molecule has 0 spiro atoms. The van der Waals surface area contributed by atoms with Crippen molar-refractivity contribution in [3.8, 4) is 0 Å². The number of piperidine rings is 1. The van der Waals surface area contributed by atoms with Crippen LogP contribution in [0.15, 0.2) is 18.3 Å². The predicted octanol–water partition coefficient (Wildman–Crippen LogP) is 2.34. The number of carbonyl (C=O) groups is 1. The van der Waals surface area contributed by atoms with Crippen LogP contribution in [0.3, 0.4) is 0 Å². The number of carbonyl (C=O) groups excluding carboxylic acids is 1. The quantitative estimate of drug-likeness (QED) is 0.927. The fourth-order valence-corrected chi connectivity index (χ4v) is 2.90. The zero-order chi connectivity index (χ0) is 13.9. The number of nitrogens with zero attached hydrogens (tertiary/aromatic N) is 2. The van der Waals surface area contributed by atoms with E-state index in [1.165, 1.54) is 12.8 Å². The molecule has 108 valence electrons. The van der Waals surface area contributed by atoms with E-state index in [1.807, 2.05) is 4.90 Å². The summed E-state index contributed by atoms with van der Waals surface area (Å²) >= 11 is 5.83. The van der Waals surface area contributed by atoms with Crippen LogP contribution < -0.4 is 5.32 Å². The first-order chi connectivity index (χ1) is 9.74. The van der Waals surface area contributed by atoms with Gasteiger partial charge in [0.1, 0.15) is 5.69 Å². The van der Waals surface area contributed by atoms with E-state index in [-0.39, 0.29) is 5.91 Å². The van der Waals surface area contributed by atoms with E-state index >= 15 is 0 Å². The van der Waals surface area contributed by atoms with Gasteiger partial charge in [-0.15, -0.1) is 0 Å². The van der Waals surface area contributed by atoms with Crippen LogP contribution in [0, 0.1) is 5.92 Å². The van der Waals surface area contributed by atoms with Gasteiger partial charge in [-0.3, -0.25) is 4.79 Å². The van der Waals surface area contributed by atoms with Gasteiger partial charge in [0.05, 0.1) is 5.02 Å². The van der Waals surface area contributed by atoms with Crippen molar-refractivity contribution in [1.82, 2.24) is 15.2 Å². The lowest BCUT2D eigenvalue weighted by Crippen LogP contribution is -2.42. The second kappa shape index (κ2) is 6.10. The van der Waals surface area contributed by atoms with Crippen LogP contribution in [-0.2, 0) is 0 Å². The SMILES string of the molecule is O=C(c1ccc(Cl)cn1)N(CC1CCCNC1)C1CC1. The third-order valence-electron chi connectivity index (χ3n) is 4.05. The van der Waals surface area contributed by atoms with Crippen molar-refractivity contribution in [2.75, 3.05) is 19.6 Å². The molecule has 1 saturated carbocycles. The number of aromatic nitrogens is 1. The van der Waals surface area contributed by atoms with Crippen LogP contribution in [-0.4, -0.2) is 41.5 Å². The van der Waals surface area contributed by atoms with Gasteiger partial charge in [-0.05, 0) is 56.8 Å². The molecule has 0 aromatic carbocycles. The minimum Gasteiger partial charge on any atom is -0.334 e. The van der Waals surface area contributed by atoms with Gasteiger partial charge in [0, 0.05) is 18.8 Å². The maximum absolute atomic E-state index is 12.6. The molecule has 5 heteroatoms. The van der Waals surface area contributed by atoms with E-state index < -0.39 is 0 Å². The molecule has 2 fully saturated rings. The largest absolute Gasteiger partial charge is 0.334 e. The van der Waals surface area contributed by atoms with Crippen LogP contribution in [0.2, 0.25) is 5.02 Å². The monoisotopic (exact) mass is 293 g/mol. The van der Waals surface area contributed by atoms with Gasteiger partial charge in [0.2, 0.25) is 0 Å². The molecule has 1 aliphatic heterocycles. The van der Waals surface area contributed by atoms with Crippen LogP contribution in [0.25, 0.3) is 0 Å². The lowest BCUT2D eigenvalue weighted by atomic mass is 9.99. The summed E-state index contributed by atoms with van der Waals surface area (Å²) in [5.41, 5.74) is 0.505. The molecule has 1 aromatic rings. The average Bonchev–Trinajstić information content (AvgIpc) is 3.30. The number of pyridine rings is 1. The van der Waals surface area contributed by atoms with E-state index in [9.17, 15) is 4.79 Å². The second-order valence-electron chi connectivity index (χ2n) is 5.76. The molecule has 2 heterocycles. The van der Waals surface area contributed by atoms with Gasteiger partial charge in [0.15, 0.2) is 0 Å². The molecule has 1 unspecified atom stereocenters. The zero-order valence-electron chi connectivity index (χ0n) is 11.5. The van der Waals surface area contributed by atoms with Gasteiger partial charge < -0.3 is 10.2 Å². The van der Waals surface area contributed by atoms with Crippen LogP contribution in [0.1, 0.15) is 36.2 Å². The maximum atomic E-state index is 12.6. The first kappa shape index (κ1) is 13.8. The molecule has 4 nitrogen and oxygen atoms in total. The van der Waals surface area contributed by atoms with Crippen LogP contribution >= 0.6 is 11.6 Å². The van der Waals surface area contributed by atoms with Gasteiger partial charge in [-0.1, -0.05) is 11.6 Å². The Kier molecular flexibility index (Phi) is 4.22. The Hall–Kier alpha value is -1.13. The third kappa shape index (κ3) is 3.30. The second-order valence-corrected chi connectivity index (χ2v) is 6.20. The maximum Gasteiger partial charge on any atom is 0.272 e. The summed E-state index contributed by atoms with van der Waals surface area (Å²) in [6, 6.07) is 3.87.